The average molecular weight is 437 g/mol. The van der Waals surface area contributed by atoms with Crippen LogP contribution in [0.1, 0.15) is 12.5 Å². The van der Waals surface area contributed by atoms with Crippen molar-refractivity contribution in [2.75, 3.05) is 33.6 Å². The van der Waals surface area contributed by atoms with E-state index in [0.717, 1.165) is 17.6 Å². The minimum absolute atomic E-state index is 0.129. The van der Waals surface area contributed by atoms with Crippen LogP contribution in [-0.4, -0.2) is 58.3 Å². The van der Waals surface area contributed by atoms with Crippen molar-refractivity contribution in [3.05, 3.63) is 54.1 Å². The largest absolute Gasteiger partial charge is 0.497 e. The second kappa shape index (κ2) is 10.8. The molecule has 1 atom stereocenters. The van der Waals surface area contributed by atoms with Gasteiger partial charge in [0.25, 0.3) is 5.91 Å². The first-order chi connectivity index (χ1) is 14.2. The molecule has 0 unspecified atom stereocenters. The molecule has 0 aromatic heterocycles. The highest BCUT2D eigenvalue weighted by Crippen LogP contribution is 2.17. The van der Waals surface area contributed by atoms with Crippen molar-refractivity contribution in [2.24, 2.45) is 0 Å². The van der Waals surface area contributed by atoms with E-state index in [4.69, 9.17) is 14.2 Å². The molecule has 0 saturated heterocycles. The lowest BCUT2D eigenvalue weighted by molar-refractivity contribution is -0.123. The number of carbonyl (C=O) groups excluding carboxylic acids is 1. The van der Waals surface area contributed by atoms with Crippen molar-refractivity contribution in [2.45, 2.75) is 19.5 Å². The summed E-state index contributed by atoms with van der Waals surface area (Å²) >= 11 is 0. The van der Waals surface area contributed by atoms with Crippen molar-refractivity contribution >= 4 is 15.9 Å². The van der Waals surface area contributed by atoms with E-state index in [-0.39, 0.29) is 25.1 Å². The lowest BCUT2D eigenvalue weighted by atomic mass is 10.2. The van der Waals surface area contributed by atoms with E-state index >= 15 is 0 Å². The predicted octanol–water partition coefficient (Wildman–Crippen LogP) is 2.05. The van der Waals surface area contributed by atoms with E-state index in [1.54, 1.807) is 55.6 Å². The van der Waals surface area contributed by atoms with E-state index in [9.17, 15) is 13.2 Å². The lowest BCUT2D eigenvalue weighted by Crippen LogP contribution is -2.39. The number of hydrogen-bond acceptors (Lipinski definition) is 6. The normalized spacial score (nSPS) is 12.3. The Hall–Kier alpha value is -2.78. The maximum absolute atomic E-state index is 12.1. The van der Waals surface area contributed by atoms with Crippen LogP contribution in [0, 0.1) is 0 Å². The van der Waals surface area contributed by atoms with Crippen LogP contribution in [0.3, 0.4) is 0 Å². The molecule has 0 fully saturated rings. The zero-order valence-electron chi connectivity index (χ0n) is 17.6. The molecule has 2 aromatic rings. The fraction of sp³-hybridized carbons (Fsp3) is 0.381. The quantitative estimate of drug-likeness (QED) is 0.579. The van der Waals surface area contributed by atoms with Gasteiger partial charge in [-0.05, 0) is 48.9 Å². The molecule has 0 aliphatic rings. The second-order valence-corrected chi connectivity index (χ2v) is 9.00. The van der Waals surface area contributed by atoms with Crippen LogP contribution in [0.4, 0.5) is 0 Å². The van der Waals surface area contributed by atoms with Crippen LogP contribution < -0.4 is 19.5 Å². The first-order valence-electron chi connectivity index (χ1n) is 9.36. The summed E-state index contributed by atoms with van der Waals surface area (Å²) < 4.78 is 40.4. The highest BCUT2D eigenvalue weighted by atomic mass is 32.2. The fourth-order valence-corrected chi connectivity index (χ4v) is 2.85. The summed E-state index contributed by atoms with van der Waals surface area (Å²) in [5, 5.41) is 2.81. The van der Waals surface area contributed by atoms with E-state index in [0.29, 0.717) is 18.1 Å². The van der Waals surface area contributed by atoms with E-state index in [1.165, 1.54) is 11.4 Å². The molecule has 8 nitrogen and oxygen atoms in total. The zero-order chi connectivity index (χ0) is 22.1. The number of nitrogens with zero attached hydrogens (tertiary/aromatic N) is 1. The fourth-order valence-electron chi connectivity index (χ4n) is 2.47. The first-order valence-corrected chi connectivity index (χ1v) is 11.2. The second-order valence-electron chi connectivity index (χ2n) is 6.91. The van der Waals surface area contributed by atoms with Gasteiger partial charge in [0.1, 0.15) is 23.9 Å². The molecule has 0 aliphatic heterocycles. The lowest BCUT2D eigenvalue weighted by Gasteiger charge is -2.16. The number of benzene rings is 2. The van der Waals surface area contributed by atoms with E-state index in [1.807, 2.05) is 6.92 Å². The average Bonchev–Trinajstić information content (AvgIpc) is 2.71. The summed E-state index contributed by atoms with van der Waals surface area (Å²) in [4.78, 5) is 12.1. The third-order valence-electron chi connectivity index (χ3n) is 4.23. The molecule has 164 valence electrons. The van der Waals surface area contributed by atoms with Gasteiger partial charge in [0.15, 0.2) is 6.61 Å². The Bertz CT molecular complexity index is 914. The van der Waals surface area contributed by atoms with Gasteiger partial charge in [0, 0.05) is 13.6 Å². The standard InChI is InChI=1S/C21H28N2O6S/c1-16(14-28-20-11-9-18(27-3)10-12-20)22-21(24)15-29-19-7-5-17(6-8-19)13-23(2)30(4,25)26/h5-12,16H,13-15H2,1-4H3,(H,22,24)/t16-/m1/s1. The molecule has 1 N–H and O–H groups in total. The smallest absolute Gasteiger partial charge is 0.258 e. The van der Waals surface area contributed by atoms with Crippen molar-refractivity contribution in [3.63, 3.8) is 0 Å². The molecule has 2 rings (SSSR count). The summed E-state index contributed by atoms with van der Waals surface area (Å²) in [6.45, 7) is 2.30. The number of amides is 1. The third kappa shape index (κ3) is 7.92. The molecular formula is C21H28N2O6S. The number of sulfonamides is 1. The van der Waals surface area contributed by atoms with Gasteiger partial charge in [-0.1, -0.05) is 12.1 Å². The summed E-state index contributed by atoms with van der Waals surface area (Å²) in [6, 6.07) is 13.9. The topological polar surface area (TPSA) is 94.2 Å². The molecule has 0 saturated carbocycles. The summed E-state index contributed by atoms with van der Waals surface area (Å²) in [5.74, 6) is 1.70. The van der Waals surface area contributed by atoms with Crippen molar-refractivity contribution in [3.8, 4) is 17.2 Å². The molecule has 0 bridgehead atoms. The van der Waals surface area contributed by atoms with E-state index < -0.39 is 10.0 Å². The molecular weight excluding hydrogens is 408 g/mol. The SMILES string of the molecule is COc1ccc(OC[C@@H](C)NC(=O)COc2ccc(CN(C)S(C)(=O)=O)cc2)cc1. The van der Waals surface area contributed by atoms with Crippen LogP contribution in [0.25, 0.3) is 0 Å². The number of carbonyl (C=O) groups is 1. The zero-order valence-corrected chi connectivity index (χ0v) is 18.4. The van der Waals surface area contributed by atoms with Gasteiger partial charge in [-0.15, -0.1) is 0 Å². The summed E-state index contributed by atoms with van der Waals surface area (Å²) in [5.41, 5.74) is 0.823. The molecule has 9 heteroatoms. The maximum Gasteiger partial charge on any atom is 0.258 e. The van der Waals surface area contributed by atoms with Crippen LogP contribution in [-0.2, 0) is 21.4 Å². The number of rotatable bonds is 11. The van der Waals surface area contributed by atoms with Crippen LogP contribution in [0.5, 0.6) is 17.2 Å². The van der Waals surface area contributed by atoms with Crippen molar-refractivity contribution in [1.29, 1.82) is 0 Å². The minimum atomic E-state index is -3.24. The molecule has 0 spiro atoms. The van der Waals surface area contributed by atoms with Gasteiger partial charge in [0.05, 0.1) is 19.4 Å². The first kappa shape index (κ1) is 23.5. The Balaban J connectivity index is 1.72. The summed E-state index contributed by atoms with van der Waals surface area (Å²) in [6.07, 6.45) is 1.16. The Morgan fingerprint density at radius 2 is 1.53 bits per heavy atom. The number of methoxy groups -OCH3 is 1. The molecule has 30 heavy (non-hydrogen) atoms. The van der Waals surface area contributed by atoms with Gasteiger partial charge in [-0.25, -0.2) is 12.7 Å². The molecule has 0 heterocycles. The third-order valence-corrected chi connectivity index (χ3v) is 5.49. The monoisotopic (exact) mass is 436 g/mol. The minimum Gasteiger partial charge on any atom is -0.497 e. The van der Waals surface area contributed by atoms with Crippen molar-refractivity contribution in [1.82, 2.24) is 9.62 Å². The maximum atomic E-state index is 12.1. The highest BCUT2D eigenvalue weighted by molar-refractivity contribution is 7.88. The summed E-state index contributed by atoms with van der Waals surface area (Å²) in [7, 11) is -0.120. The number of hydrogen-bond donors (Lipinski definition) is 1. The number of nitrogens with one attached hydrogen (secondary N) is 1. The van der Waals surface area contributed by atoms with Gasteiger partial charge in [-0.3, -0.25) is 4.79 Å². The highest BCUT2D eigenvalue weighted by Gasteiger charge is 2.12. The molecule has 0 radical (unpaired) electrons. The van der Waals surface area contributed by atoms with Gasteiger partial charge < -0.3 is 19.5 Å². The Kier molecular flexibility index (Phi) is 8.49. The molecule has 0 aliphatic carbocycles. The Morgan fingerprint density at radius 3 is 2.10 bits per heavy atom. The van der Waals surface area contributed by atoms with Gasteiger partial charge in [-0.2, -0.15) is 0 Å². The van der Waals surface area contributed by atoms with Crippen LogP contribution >= 0.6 is 0 Å². The van der Waals surface area contributed by atoms with Crippen LogP contribution in [0.2, 0.25) is 0 Å². The van der Waals surface area contributed by atoms with Gasteiger partial charge in [0.2, 0.25) is 10.0 Å². The Morgan fingerprint density at radius 1 is 1.00 bits per heavy atom. The van der Waals surface area contributed by atoms with Gasteiger partial charge >= 0.3 is 0 Å². The van der Waals surface area contributed by atoms with Crippen molar-refractivity contribution < 1.29 is 27.4 Å². The molecule has 2 aromatic carbocycles. The van der Waals surface area contributed by atoms with Crippen LogP contribution in [0.15, 0.2) is 48.5 Å². The molecule has 1 amide bonds. The van der Waals surface area contributed by atoms with E-state index in [2.05, 4.69) is 5.32 Å². The predicted molar refractivity (Wildman–Crippen MR) is 114 cm³/mol. The number of ether oxygens (including phenoxy) is 3. The Labute approximate surface area is 177 Å².